The molecule has 2 heterocycles. The van der Waals surface area contributed by atoms with Crippen LogP contribution in [0, 0.1) is 0 Å². The predicted octanol–water partition coefficient (Wildman–Crippen LogP) is 1.81. The lowest BCUT2D eigenvalue weighted by Crippen LogP contribution is -2.41. The smallest absolute Gasteiger partial charge is 0.231 e. The Balaban J connectivity index is 0.00000300. The standard InChI is InChI=1S/C18H28N4O4S2.HI/c1-3-19-18(20-6-11-28(23,24)22-7-9-27-10-8-22)21(2)13-15-4-5-16-17(12-15)26-14-25-16;/h4-5,12H,3,6-11,13-14H2,1-2H3,(H,19,20);1H. The largest absolute Gasteiger partial charge is 0.454 e. The molecule has 2 aliphatic heterocycles. The van der Waals surface area contributed by atoms with E-state index in [0.29, 0.717) is 32.1 Å². The maximum absolute atomic E-state index is 12.5. The third-order valence-electron chi connectivity index (χ3n) is 4.53. The average molecular weight is 556 g/mol. The molecule has 1 saturated heterocycles. The molecule has 8 nitrogen and oxygen atoms in total. The topological polar surface area (TPSA) is 83.5 Å². The van der Waals surface area contributed by atoms with Gasteiger partial charge in [-0.3, -0.25) is 4.99 Å². The zero-order valence-corrected chi connectivity index (χ0v) is 20.8. The zero-order chi connectivity index (χ0) is 20.0. The van der Waals surface area contributed by atoms with Gasteiger partial charge in [0.1, 0.15) is 0 Å². The number of hydrogen-bond acceptors (Lipinski definition) is 6. The van der Waals surface area contributed by atoms with Crippen LogP contribution in [0.3, 0.4) is 0 Å². The van der Waals surface area contributed by atoms with Gasteiger partial charge in [-0.15, -0.1) is 24.0 Å². The monoisotopic (exact) mass is 556 g/mol. The molecule has 1 aromatic rings. The Hall–Kier alpha value is -0.920. The Morgan fingerprint density at radius 2 is 2.00 bits per heavy atom. The van der Waals surface area contributed by atoms with Gasteiger partial charge in [-0.2, -0.15) is 11.8 Å². The fraction of sp³-hybridized carbons (Fsp3) is 0.611. The van der Waals surface area contributed by atoms with Crippen LogP contribution in [0.25, 0.3) is 0 Å². The number of benzene rings is 1. The van der Waals surface area contributed by atoms with Crippen molar-refractivity contribution in [3.63, 3.8) is 0 Å². The third-order valence-corrected chi connectivity index (χ3v) is 7.32. The minimum Gasteiger partial charge on any atom is -0.454 e. The lowest BCUT2D eigenvalue weighted by atomic mass is 10.2. The van der Waals surface area contributed by atoms with Crippen molar-refractivity contribution in [1.29, 1.82) is 0 Å². The summed E-state index contributed by atoms with van der Waals surface area (Å²) in [5.74, 6) is 3.95. The Morgan fingerprint density at radius 1 is 1.28 bits per heavy atom. The highest BCUT2D eigenvalue weighted by Gasteiger charge is 2.23. The van der Waals surface area contributed by atoms with Gasteiger partial charge in [-0.05, 0) is 24.6 Å². The summed E-state index contributed by atoms with van der Waals surface area (Å²) in [6, 6.07) is 5.85. The molecular formula is C18H29IN4O4S2. The van der Waals surface area contributed by atoms with Crippen LogP contribution >= 0.6 is 35.7 Å². The molecule has 0 radical (unpaired) electrons. The van der Waals surface area contributed by atoms with Gasteiger partial charge in [0.25, 0.3) is 0 Å². The molecule has 0 amide bonds. The van der Waals surface area contributed by atoms with Gasteiger partial charge in [0.2, 0.25) is 16.8 Å². The summed E-state index contributed by atoms with van der Waals surface area (Å²) in [4.78, 5) is 6.50. The van der Waals surface area contributed by atoms with Crippen LogP contribution in [0.5, 0.6) is 11.5 Å². The van der Waals surface area contributed by atoms with Gasteiger partial charge in [0, 0.05) is 44.7 Å². The van der Waals surface area contributed by atoms with Crippen LogP contribution in [0.1, 0.15) is 12.5 Å². The fourth-order valence-corrected chi connectivity index (χ4v) is 5.53. The molecule has 0 saturated carbocycles. The second kappa shape index (κ2) is 11.5. The zero-order valence-electron chi connectivity index (χ0n) is 16.8. The number of hydrogen-bond donors (Lipinski definition) is 1. The lowest BCUT2D eigenvalue weighted by molar-refractivity contribution is 0.174. The number of aliphatic imine (C=N–C) groups is 1. The van der Waals surface area contributed by atoms with Gasteiger partial charge >= 0.3 is 0 Å². The Kier molecular flexibility index (Phi) is 9.63. The summed E-state index contributed by atoms with van der Waals surface area (Å²) in [5, 5.41) is 3.23. The van der Waals surface area contributed by atoms with E-state index < -0.39 is 10.0 Å². The number of nitrogens with one attached hydrogen (secondary N) is 1. The third kappa shape index (κ3) is 6.79. The maximum Gasteiger partial charge on any atom is 0.231 e. The van der Waals surface area contributed by atoms with Crippen molar-refractivity contribution >= 4 is 51.7 Å². The first-order valence-electron chi connectivity index (χ1n) is 9.43. The molecule has 2 aliphatic rings. The van der Waals surface area contributed by atoms with Gasteiger partial charge in [0.05, 0.1) is 12.3 Å². The van der Waals surface area contributed by atoms with Crippen LogP contribution in [-0.4, -0.2) is 80.9 Å². The Bertz CT molecular complexity index is 801. The average Bonchev–Trinajstić information content (AvgIpc) is 3.16. The molecule has 1 N–H and O–H groups in total. The van der Waals surface area contributed by atoms with Gasteiger partial charge < -0.3 is 19.7 Å². The Morgan fingerprint density at radius 3 is 2.72 bits per heavy atom. The number of thioether (sulfide) groups is 1. The normalized spacial score (nSPS) is 17.0. The fourth-order valence-electron chi connectivity index (χ4n) is 3.08. The van der Waals surface area contributed by atoms with E-state index in [2.05, 4.69) is 10.3 Å². The number of nitrogens with zero attached hydrogens (tertiary/aromatic N) is 3. The maximum atomic E-state index is 12.5. The van der Waals surface area contributed by atoms with Gasteiger partial charge in [-0.1, -0.05) is 6.07 Å². The number of ether oxygens (including phenoxy) is 2. The second-order valence-corrected chi connectivity index (χ2v) is 9.92. The van der Waals surface area contributed by atoms with E-state index in [1.807, 2.05) is 37.1 Å². The minimum absolute atomic E-state index is 0. The summed E-state index contributed by atoms with van der Waals surface area (Å²) in [6.07, 6.45) is 0. The quantitative estimate of drug-likeness (QED) is 0.312. The first-order valence-corrected chi connectivity index (χ1v) is 12.2. The first-order chi connectivity index (χ1) is 13.5. The highest BCUT2D eigenvalue weighted by Crippen LogP contribution is 2.32. The highest BCUT2D eigenvalue weighted by atomic mass is 127. The molecule has 164 valence electrons. The SMILES string of the molecule is CCNC(=NCCS(=O)(=O)N1CCSCC1)N(C)Cc1ccc2c(c1)OCO2.I. The molecule has 1 fully saturated rings. The minimum atomic E-state index is -3.25. The number of halogens is 1. The van der Waals surface area contributed by atoms with E-state index in [4.69, 9.17) is 9.47 Å². The van der Waals surface area contributed by atoms with Gasteiger partial charge in [0.15, 0.2) is 17.5 Å². The molecule has 0 spiro atoms. The van der Waals surface area contributed by atoms with Crippen molar-refractivity contribution in [1.82, 2.24) is 14.5 Å². The number of fused-ring (bicyclic) bond motifs is 1. The van der Waals surface area contributed by atoms with Crippen molar-refractivity contribution in [3.8, 4) is 11.5 Å². The van der Waals surface area contributed by atoms with Gasteiger partial charge in [-0.25, -0.2) is 12.7 Å². The van der Waals surface area contributed by atoms with Crippen molar-refractivity contribution < 1.29 is 17.9 Å². The number of guanidine groups is 1. The predicted molar refractivity (Wildman–Crippen MR) is 128 cm³/mol. The van der Waals surface area contributed by atoms with E-state index in [9.17, 15) is 8.42 Å². The van der Waals surface area contributed by atoms with Crippen LogP contribution in [0.2, 0.25) is 0 Å². The molecule has 0 aliphatic carbocycles. The summed E-state index contributed by atoms with van der Waals surface area (Å²) in [5.41, 5.74) is 1.07. The summed E-state index contributed by atoms with van der Waals surface area (Å²) in [7, 11) is -1.32. The highest BCUT2D eigenvalue weighted by molar-refractivity contribution is 14.0. The molecule has 0 atom stereocenters. The molecular weight excluding hydrogens is 527 g/mol. The van der Waals surface area contributed by atoms with Crippen molar-refractivity contribution in [2.75, 3.05) is 57.3 Å². The van der Waals surface area contributed by atoms with Crippen LogP contribution in [0.4, 0.5) is 0 Å². The van der Waals surface area contributed by atoms with Crippen molar-refractivity contribution in [3.05, 3.63) is 23.8 Å². The van der Waals surface area contributed by atoms with Crippen LogP contribution in [0.15, 0.2) is 23.2 Å². The van der Waals surface area contributed by atoms with E-state index in [1.165, 1.54) is 0 Å². The molecule has 3 rings (SSSR count). The van der Waals surface area contributed by atoms with E-state index >= 15 is 0 Å². The van der Waals surface area contributed by atoms with E-state index in [-0.39, 0.29) is 43.1 Å². The Labute approximate surface area is 194 Å². The molecule has 11 heteroatoms. The summed E-state index contributed by atoms with van der Waals surface area (Å²) in [6.45, 7) is 5.01. The summed E-state index contributed by atoms with van der Waals surface area (Å²) >= 11 is 1.80. The second-order valence-electron chi connectivity index (χ2n) is 6.61. The molecule has 0 bridgehead atoms. The molecule has 0 unspecified atom stereocenters. The molecule has 0 aromatic heterocycles. The first kappa shape index (κ1) is 24.4. The van der Waals surface area contributed by atoms with Crippen LogP contribution in [-0.2, 0) is 16.6 Å². The lowest BCUT2D eigenvalue weighted by Gasteiger charge is -2.25. The van der Waals surface area contributed by atoms with E-state index in [0.717, 1.165) is 28.6 Å². The van der Waals surface area contributed by atoms with E-state index in [1.54, 1.807) is 16.1 Å². The summed E-state index contributed by atoms with van der Waals surface area (Å²) < 4.78 is 37.3. The van der Waals surface area contributed by atoms with Crippen molar-refractivity contribution in [2.24, 2.45) is 4.99 Å². The van der Waals surface area contributed by atoms with Crippen molar-refractivity contribution in [2.45, 2.75) is 13.5 Å². The number of rotatable bonds is 7. The van der Waals surface area contributed by atoms with Crippen LogP contribution < -0.4 is 14.8 Å². The number of sulfonamides is 1. The molecule has 1 aromatic carbocycles. The molecule has 29 heavy (non-hydrogen) atoms.